The molecule has 1 atom stereocenters. The van der Waals surface area contributed by atoms with E-state index in [1.807, 2.05) is 31.2 Å². The molecule has 0 radical (unpaired) electrons. The Bertz CT molecular complexity index is 635. The lowest BCUT2D eigenvalue weighted by molar-refractivity contribution is -0.143. The molecule has 1 aliphatic heterocycles. The Morgan fingerprint density at radius 1 is 1.25 bits per heavy atom. The van der Waals surface area contributed by atoms with Crippen LogP contribution in [-0.2, 0) is 9.53 Å². The van der Waals surface area contributed by atoms with Crippen molar-refractivity contribution in [3.05, 3.63) is 41.1 Å². The van der Waals surface area contributed by atoms with Gasteiger partial charge in [0.15, 0.2) is 0 Å². The van der Waals surface area contributed by atoms with Crippen LogP contribution in [0.5, 0.6) is 5.75 Å². The highest BCUT2D eigenvalue weighted by molar-refractivity contribution is 5.95. The van der Waals surface area contributed by atoms with Gasteiger partial charge in [-0.2, -0.15) is 0 Å². The molecule has 0 aliphatic carbocycles. The first kappa shape index (κ1) is 17.8. The molecule has 2 N–H and O–H groups in total. The molecule has 24 heavy (non-hydrogen) atoms. The van der Waals surface area contributed by atoms with Gasteiger partial charge in [-0.15, -0.1) is 0 Å². The van der Waals surface area contributed by atoms with E-state index >= 15 is 0 Å². The van der Waals surface area contributed by atoms with E-state index in [-0.39, 0.29) is 12.1 Å². The normalized spacial score (nSPS) is 17.4. The minimum absolute atomic E-state index is 0.235. The first-order chi connectivity index (χ1) is 11.4. The van der Waals surface area contributed by atoms with Gasteiger partial charge in [-0.25, -0.2) is 9.59 Å². The molecule has 1 aromatic rings. The van der Waals surface area contributed by atoms with Crippen molar-refractivity contribution in [1.82, 2.24) is 10.6 Å². The summed E-state index contributed by atoms with van der Waals surface area (Å²) in [5.74, 6) is 0.319. The molecule has 2 rings (SSSR count). The molecule has 0 bridgehead atoms. The zero-order chi connectivity index (χ0) is 17.7. The molecular weight excluding hydrogens is 308 g/mol. The van der Waals surface area contributed by atoms with Crippen LogP contribution in [0.2, 0.25) is 0 Å². The Hall–Kier alpha value is -2.50. The Morgan fingerprint density at radius 3 is 2.50 bits per heavy atom. The number of carbonyl (C=O) groups excluding carboxylic acids is 2. The number of hydrogen-bond donors (Lipinski definition) is 2. The van der Waals surface area contributed by atoms with Gasteiger partial charge in [-0.05, 0) is 44.9 Å². The van der Waals surface area contributed by atoms with Crippen LogP contribution < -0.4 is 15.4 Å². The topological polar surface area (TPSA) is 76.7 Å². The van der Waals surface area contributed by atoms with Gasteiger partial charge < -0.3 is 20.1 Å². The van der Waals surface area contributed by atoms with Crippen molar-refractivity contribution >= 4 is 12.0 Å². The van der Waals surface area contributed by atoms with E-state index in [1.165, 1.54) is 0 Å². The zero-order valence-electron chi connectivity index (χ0n) is 14.5. The van der Waals surface area contributed by atoms with Crippen molar-refractivity contribution in [3.8, 4) is 5.75 Å². The summed E-state index contributed by atoms with van der Waals surface area (Å²) >= 11 is 0. The number of urea groups is 1. The van der Waals surface area contributed by atoms with Crippen molar-refractivity contribution in [1.29, 1.82) is 0 Å². The van der Waals surface area contributed by atoms with Crippen molar-refractivity contribution < 1.29 is 19.1 Å². The van der Waals surface area contributed by atoms with Crippen molar-refractivity contribution in [2.45, 2.75) is 46.3 Å². The summed E-state index contributed by atoms with van der Waals surface area (Å²) in [7, 11) is 0. The summed E-state index contributed by atoms with van der Waals surface area (Å²) in [5.41, 5.74) is 1.70. The van der Waals surface area contributed by atoms with E-state index in [0.29, 0.717) is 17.9 Å². The highest BCUT2D eigenvalue weighted by Gasteiger charge is 2.32. The van der Waals surface area contributed by atoms with Gasteiger partial charge in [0.2, 0.25) is 0 Å². The molecule has 0 saturated carbocycles. The largest absolute Gasteiger partial charge is 0.494 e. The van der Waals surface area contributed by atoms with E-state index in [1.54, 1.807) is 20.8 Å². The first-order valence-corrected chi connectivity index (χ1v) is 8.14. The predicted molar refractivity (Wildman–Crippen MR) is 90.6 cm³/mol. The summed E-state index contributed by atoms with van der Waals surface area (Å²) < 4.78 is 10.9. The Morgan fingerprint density at radius 2 is 1.92 bits per heavy atom. The lowest BCUT2D eigenvalue weighted by Crippen LogP contribution is -2.45. The fourth-order valence-corrected chi connectivity index (χ4v) is 2.47. The van der Waals surface area contributed by atoms with Gasteiger partial charge in [0.05, 0.1) is 24.3 Å². The van der Waals surface area contributed by atoms with Crippen LogP contribution in [0.1, 0.15) is 45.7 Å². The Kier molecular flexibility index (Phi) is 5.84. The summed E-state index contributed by atoms with van der Waals surface area (Å²) in [6.07, 6.45) is 0.695. The standard InChI is InChI=1S/C18H24N2O4/c1-5-10-23-14-8-6-13(7-9-14)16-15(17(21)24-11(2)3)12(4)19-18(22)20-16/h6-9,11,16H,5,10H2,1-4H3,(H2,19,20,22). The lowest BCUT2D eigenvalue weighted by Gasteiger charge is -2.28. The van der Waals surface area contributed by atoms with E-state index in [9.17, 15) is 9.59 Å². The molecule has 0 fully saturated rings. The number of rotatable bonds is 6. The third-order valence-electron chi connectivity index (χ3n) is 3.52. The minimum atomic E-state index is -0.551. The maximum Gasteiger partial charge on any atom is 0.338 e. The average Bonchev–Trinajstić information content (AvgIpc) is 2.51. The number of ether oxygens (including phenoxy) is 2. The number of nitrogens with one attached hydrogen (secondary N) is 2. The molecule has 2 amide bonds. The van der Waals surface area contributed by atoms with E-state index in [0.717, 1.165) is 17.7 Å². The monoisotopic (exact) mass is 332 g/mol. The number of benzene rings is 1. The van der Waals surface area contributed by atoms with Gasteiger partial charge in [-0.3, -0.25) is 0 Å². The average molecular weight is 332 g/mol. The number of allylic oxidation sites excluding steroid dienone is 1. The highest BCUT2D eigenvalue weighted by atomic mass is 16.5. The molecular formula is C18H24N2O4. The molecule has 1 heterocycles. The van der Waals surface area contributed by atoms with Gasteiger partial charge in [0, 0.05) is 5.70 Å². The Balaban J connectivity index is 2.29. The highest BCUT2D eigenvalue weighted by Crippen LogP contribution is 2.29. The van der Waals surface area contributed by atoms with Crippen LogP contribution in [0.3, 0.4) is 0 Å². The van der Waals surface area contributed by atoms with E-state index in [4.69, 9.17) is 9.47 Å². The lowest BCUT2D eigenvalue weighted by atomic mass is 9.95. The minimum Gasteiger partial charge on any atom is -0.494 e. The van der Waals surface area contributed by atoms with Crippen LogP contribution in [0.4, 0.5) is 4.79 Å². The van der Waals surface area contributed by atoms with Crippen LogP contribution >= 0.6 is 0 Å². The van der Waals surface area contributed by atoms with Gasteiger partial charge >= 0.3 is 12.0 Å². The quantitative estimate of drug-likeness (QED) is 0.785. The molecule has 0 spiro atoms. The number of esters is 1. The molecule has 130 valence electrons. The first-order valence-electron chi connectivity index (χ1n) is 8.14. The third kappa shape index (κ3) is 4.28. The number of amides is 2. The maximum absolute atomic E-state index is 12.4. The molecule has 6 nitrogen and oxygen atoms in total. The molecule has 6 heteroatoms. The van der Waals surface area contributed by atoms with Crippen molar-refractivity contribution in [3.63, 3.8) is 0 Å². The fourth-order valence-electron chi connectivity index (χ4n) is 2.47. The van der Waals surface area contributed by atoms with Gasteiger partial charge in [-0.1, -0.05) is 19.1 Å². The van der Waals surface area contributed by atoms with Crippen molar-refractivity contribution in [2.75, 3.05) is 6.61 Å². The molecule has 1 aliphatic rings. The van der Waals surface area contributed by atoms with Gasteiger partial charge in [0.1, 0.15) is 5.75 Å². The fraction of sp³-hybridized carbons (Fsp3) is 0.444. The smallest absolute Gasteiger partial charge is 0.338 e. The van der Waals surface area contributed by atoms with E-state index < -0.39 is 12.0 Å². The molecule has 1 unspecified atom stereocenters. The third-order valence-corrected chi connectivity index (χ3v) is 3.52. The predicted octanol–water partition coefficient (Wildman–Crippen LogP) is 3.05. The zero-order valence-corrected chi connectivity index (χ0v) is 14.5. The van der Waals surface area contributed by atoms with E-state index in [2.05, 4.69) is 10.6 Å². The van der Waals surface area contributed by atoms with Gasteiger partial charge in [0.25, 0.3) is 0 Å². The SMILES string of the molecule is CCCOc1ccc(C2NC(=O)NC(C)=C2C(=O)OC(C)C)cc1. The molecule has 1 aromatic carbocycles. The summed E-state index contributed by atoms with van der Waals surface area (Å²) in [6, 6.07) is 6.46. The maximum atomic E-state index is 12.4. The van der Waals surface area contributed by atoms with Crippen molar-refractivity contribution in [2.24, 2.45) is 0 Å². The number of hydrogen-bond acceptors (Lipinski definition) is 4. The second kappa shape index (κ2) is 7.86. The summed E-state index contributed by atoms with van der Waals surface area (Å²) in [6.45, 7) is 7.96. The summed E-state index contributed by atoms with van der Waals surface area (Å²) in [4.78, 5) is 24.2. The Labute approximate surface area is 142 Å². The molecule has 0 saturated heterocycles. The summed E-state index contributed by atoms with van der Waals surface area (Å²) in [5, 5.41) is 5.41. The second-order valence-electron chi connectivity index (χ2n) is 5.94. The molecule has 0 aromatic heterocycles. The van der Waals surface area contributed by atoms with Crippen LogP contribution in [-0.4, -0.2) is 24.7 Å². The second-order valence-corrected chi connectivity index (χ2v) is 5.94. The van der Waals surface area contributed by atoms with Crippen LogP contribution in [0.25, 0.3) is 0 Å². The van der Waals surface area contributed by atoms with Crippen LogP contribution in [0.15, 0.2) is 35.5 Å². The number of carbonyl (C=O) groups is 2. The van der Waals surface area contributed by atoms with Crippen LogP contribution in [0, 0.1) is 0 Å².